The molecular weight excluding hydrogens is 196 g/mol. The van der Waals surface area contributed by atoms with Crippen molar-refractivity contribution >= 4 is 0 Å². The van der Waals surface area contributed by atoms with Crippen LogP contribution in [0, 0.1) is 6.92 Å². The molecule has 1 N–H and O–H groups in total. The van der Waals surface area contributed by atoms with E-state index in [0.29, 0.717) is 5.92 Å². The van der Waals surface area contributed by atoms with Crippen LogP contribution in [-0.2, 0) is 0 Å². The molecular formula is C14H24N2. The zero-order chi connectivity index (χ0) is 12.2. The van der Waals surface area contributed by atoms with E-state index in [1.165, 1.54) is 5.56 Å². The average molecular weight is 220 g/mol. The Morgan fingerprint density at radius 1 is 1.31 bits per heavy atom. The maximum absolute atomic E-state index is 4.34. The van der Waals surface area contributed by atoms with E-state index in [4.69, 9.17) is 0 Å². The molecule has 0 fully saturated rings. The summed E-state index contributed by atoms with van der Waals surface area (Å²) in [4.78, 5) is 4.34. The first-order chi connectivity index (χ1) is 7.38. The third-order valence-electron chi connectivity index (χ3n) is 2.74. The average Bonchev–Trinajstić information content (AvgIpc) is 2.16. The SMILES string of the molecule is Cc1ccc(C(C)CCNC(C)(C)C)cn1. The van der Waals surface area contributed by atoms with E-state index >= 15 is 0 Å². The van der Waals surface area contributed by atoms with Gasteiger partial charge in [0.1, 0.15) is 0 Å². The summed E-state index contributed by atoms with van der Waals surface area (Å²) in [5.41, 5.74) is 2.63. The van der Waals surface area contributed by atoms with Crippen LogP contribution < -0.4 is 5.32 Å². The largest absolute Gasteiger partial charge is 0.312 e. The van der Waals surface area contributed by atoms with Gasteiger partial charge in [0.15, 0.2) is 0 Å². The summed E-state index contributed by atoms with van der Waals surface area (Å²) in [7, 11) is 0. The Bertz CT molecular complexity index is 309. The molecule has 0 spiro atoms. The Morgan fingerprint density at radius 2 is 2.00 bits per heavy atom. The molecule has 0 aliphatic rings. The maximum Gasteiger partial charge on any atom is 0.0372 e. The molecule has 0 amide bonds. The van der Waals surface area contributed by atoms with Crippen molar-refractivity contribution in [3.05, 3.63) is 29.6 Å². The molecule has 1 aromatic heterocycles. The van der Waals surface area contributed by atoms with E-state index in [-0.39, 0.29) is 5.54 Å². The third kappa shape index (κ3) is 4.75. The molecule has 0 aliphatic heterocycles. The van der Waals surface area contributed by atoms with Gasteiger partial charge in [0.25, 0.3) is 0 Å². The molecule has 1 rings (SSSR count). The van der Waals surface area contributed by atoms with E-state index in [9.17, 15) is 0 Å². The first-order valence-corrected chi connectivity index (χ1v) is 6.06. The summed E-state index contributed by atoms with van der Waals surface area (Å²) in [5, 5.41) is 3.51. The number of aryl methyl sites for hydroxylation is 1. The maximum atomic E-state index is 4.34. The molecule has 2 heteroatoms. The lowest BCUT2D eigenvalue weighted by atomic mass is 9.98. The van der Waals surface area contributed by atoms with E-state index in [2.05, 4.69) is 50.1 Å². The van der Waals surface area contributed by atoms with Crippen LogP contribution in [0.15, 0.2) is 18.3 Å². The highest BCUT2D eigenvalue weighted by atomic mass is 14.9. The quantitative estimate of drug-likeness (QED) is 0.842. The molecule has 0 aliphatic carbocycles. The summed E-state index contributed by atoms with van der Waals surface area (Å²) < 4.78 is 0. The number of pyridine rings is 1. The predicted molar refractivity (Wildman–Crippen MR) is 69.8 cm³/mol. The number of rotatable bonds is 4. The zero-order valence-corrected chi connectivity index (χ0v) is 11.2. The second-order valence-electron chi connectivity index (χ2n) is 5.60. The topological polar surface area (TPSA) is 24.9 Å². The van der Waals surface area contributed by atoms with Gasteiger partial charge in [-0.15, -0.1) is 0 Å². The van der Waals surface area contributed by atoms with Gasteiger partial charge in [0.05, 0.1) is 0 Å². The number of nitrogens with one attached hydrogen (secondary N) is 1. The lowest BCUT2D eigenvalue weighted by molar-refractivity contribution is 0.413. The standard InChI is InChI=1S/C14H24N2/c1-11(8-9-16-14(3,4)5)13-7-6-12(2)15-10-13/h6-7,10-11,16H,8-9H2,1-5H3. The van der Waals surface area contributed by atoms with Crippen LogP contribution in [0.3, 0.4) is 0 Å². The number of hydrogen-bond acceptors (Lipinski definition) is 2. The normalized spacial score (nSPS) is 13.8. The fourth-order valence-electron chi connectivity index (χ4n) is 1.60. The summed E-state index contributed by atoms with van der Waals surface area (Å²) in [5.74, 6) is 0.572. The highest BCUT2D eigenvalue weighted by molar-refractivity contribution is 5.16. The van der Waals surface area contributed by atoms with Gasteiger partial charge in [0.2, 0.25) is 0 Å². The molecule has 0 bridgehead atoms. The van der Waals surface area contributed by atoms with Crippen LogP contribution in [0.2, 0.25) is 0 Å². The van der Waals surface area contributed by atoms with Crippen molar-refractivity contribution in [3.63, 3.8) is 0 Å². The Hall–Kier alpha value is -0.890. The zero-order valence-electron chi connectivity index (χ0n) is 11.2. The minimum Gasteiger partial charge on any atom is -0.312 e. The lowest BCUT2D eigenvalue weighted by Crippen LogP contribution is -2.36. The second kappa shape index (κ2) is 5.44. The molecule has 1 heterocycles. The number of nitrogens with zero attached hydrogens (tertiary/aromatic N) is 1. The van der Waals surface area contributed by atoms with Crippen molar-refractivity contribution in [3.8, 4) is 0 Å². The molecule has 0 radical (unpaired) electrons. The summed E-state index contributed by atoms with van der Waals surface area (Å²) in [6.45, 7) is 11.9. The predicted octanol–water partition coefficient (Wildman–Crippen LogP) is 3.27. The van der Waals surface area contributed by atoms with Gasteiger partial charge in [-0.3, -0.25) is 4.98 Å². The van der Waals surface area contributed by atoms with E-state index in [0.717, 1.165) is 18.7 Å². The molecule has 90 valence electrons. The molecule has 16 heavy (non-hydrogen) atoms. The highest BCUT2D eigenvalue weighted by Gasteiger charge is 2.10. The molecule has 1 unspecified atom stereocenters. The van der Waals surface area contributed by atoms with Crippen molar-refractivity contribution in [1.29, 1.82) is 0 Å². The van der Waals surface area contributed by atoms with Crippen molar-refractivity contribution < 1.29 is 0 Å². The third-order valence-corrected chi connectivity index (χ3v) is 2.74. The fraction of sp³-hybridized carbons (Fsp3) is 0.643. The van der Waals surface area contributed by atoms with Crippen molar-refractivity contribution in [1.82, 2.24) is 10.3 Å². The van der Waals surface area contributed by atoms with Crippen molar-refractivity contribution in [2.24, 2.45) is 0 Å². The summed E-state index contributed by atoms with van der Waals surface area (Å²) >= 11 is 0. The first kappa shape index (κ1) is 13.2. The van der Waals surface area contributed by atoms with Crippen molar-refractivity contribution in [2.75, 3.05) is 6.54 Å². The fourth-order valence-corrected chi connectivity index (χ4v) is 1.60. The van der Waals surface area contributed by atoms with Crippen LogP contribution in [0.1, 0.15) is 51.3 Å². The van der Waals surface area contributed by atoms with Crippen LogP contribution in [0.4, 0.5) is 0 Å². The van der Waals surface area contributed by atoms with Gasteiger partial charge in [-0.1, -0.05) is 13.0 Å². The van der Waals surface area contributed by atoms with Crippen molar-refractivity contribution in [2.45, 2.75) is 52.5 Å². The van der Waals surface area contributed by atoms with E-state index in [1.807, 2.05) is 13.1 Å². The molecule has 0 aromatic carbocycles. The first-order valence-electron chi connectivity index (χ1n) is 6.06. The van der Waals surface area contributed by atoms with Crippen LogP contribution in [0.5, 0.6) is 0 Å². The lowest BCUT2D eigenvalue weighted by Gasteiger charge is -2.22. The Balaban J connectivity index is 2.41. The van der Waals surface area contributed by atoms with Gasteiger partial charge >= 0.3 is 0 Å². The van der Waals surface area contributed by atoms with Crippen LogP contribution in [0.25, 0.3) is 0 Å². The molecule has 0 saturated carbocycles. The minimum absolute atomic E-state index is 0.214. The molecule has 1 aromatic rings. The van der Waals surface area contributed by atoms with E-state index in [1.54, 1.807) is 0 Å². The molecule has 2 nitrogen and oxygen atoms in total. The Labute approximate surface area is 99.5 Å². The van der Waals surface area contributed by atoms with Gasteiger partial charge in [-0.25, -0.2) is 0 Å². The van der Waals surface area contributed by atoms with Gasteiger partial charge in [-0.05, 0) is 58.2 Å². The Kier molecular flexibility index (Phi) is 4.48. The van der Waals surface area contributed by atoms with Gasteiger partial charge in [-0.2, -0.15) is 0 Å². The summed E-state index contributed by atoms with van der Waals surface area (Å²) in [6.07, 6.45) is 3.15. The van der Waals surface area contributed by atoms with Gasteiger partial charge < -0.3 is 5.32 Å². The number of aromatic nitrogens is 1. The second-order valence-corrected chi connectivity index (χ2v) is 5.60. The Morgan fingerprint density at radius 3 is 2.50 bits per heavy atom. The highest BCUT2D eigenvalue weighted by Crippen LogP contribution is 2.17. The molecule has 1 atom stereocenters. The van der Waals surface area contributed by atoms with E-state index < -0.39 is 0 Å². The molecule has 0 saturated heterocycles. The monoisotopic (exact) mass is 220 g/mol. The minimum atomic E-state index is 0.214. The summed E-state index contributed by atoms with van der Waals surface area (Å²) in [6, 6.07) is 4.27. The van der Waals surface area contributed by atoms with Gasteiger partial charge in [0, 0.05) is 17.4 Å². The smallest absolute Gasteiger partial charge is 0.0372 e. The number of hydrogen-bond donors (Lipinski definition) is 1. The van der Waals surface area contributed by atoms with Crippen LogP contribution >= 0.6 is 0 Å². The van der Waals surface area contributed by atoms with Crippen LogP contribution in [-0.4, -0.2) is 17.1 Å².